The molecule has 12 bridgehead atoms. The van der Waals surface area contributed by atoms with Crippen LogP contribution in [0.5, 0.6) is 0 Å². The summed E-state index contributed by atoms with van der Waals surface area (Å²) in [6.45, 7) is 27.5. The van der Waals surface area contributed by atoms with E-state index < -0.39 is 34.2 Å². The van der Waals surface area contributed by atoms with E-state index in [2.05, 4.69) is 0 Å². The van der Waals surface area contributed by atoms with Gasteiger partial charge in [0.15, 0.2) is 26.2 Å². The lowest BCUT2D eigenvalue weighted by molar-refractivity contribution is -0.224. The van der Waals surface area contributed by atoms with Crippen LogP contribution < -0.4 is 0 Å². The number of rotatable bonds is 20. The molecule has 0 radical (unpaired) electrons. The lowest BCUT2D eigenvalue weighted by Crippen LogP contribution is -2.50. The minimum atomic E-state index is -0.415. The van der Waals surface area contributed by atoms with E-state index in [1.165, 1.54) is 109 Å². The highest BCUT2D eigenvalue weighted by atomic mass is 16.7. The average molecular weight is 1290 g/mol. The van der Waals surface area contributed by atoms with E-state index in [-0.39, 0.29) is 127 Å². The number of ether oxygens (including phenoxy) is 8. The van der Waals surface area contributed by atoms with E-state index in [4.69, 9.17) is 37.9 Å². The Kier molecular flexibility index (Phi) is 43.2. The van der Waals surface area contributed by atoms with Crippen molar-refractivity contribution in [2.75, 3.05) is 13.6 Å². The normalized spacial score (nSPS) is 32.8. The van der Waals surface area contributed by atoms with Gasteiger partial charge < -0.3 is 37.9 Å². The van der Waals surface area contributed by atoms with Crippen molar-refractivity contribution in [3.8, 4) is 0 Å². The molecule has 0 spiro atoms. The number of fused-ring (bicyclic) bond motifs is 13. The number of hydrogen-bond donors (Lipinski definition) is 0. The molecule has 12 aliphatic rings. The van der Waals surface area contributed by atoms with Crippen LogP contribution in [0.1, 0.15) is 327 Å². The molecule has 0 aliphatic heterocycles. The number of carbonyl (C=O) groups is 4. The Hall–Kier alpha value is -2.28. The summed E-state index contributed by atoms with van der Waals surface area (Å²) in [7, 11) is 0. The van der Waals surface area contributed by atoms with Gasteiger partial charge in [0.1, 0.15) is 0 Å². The van der Waals surface area contributed by atoms with Gasteiger partial charge in [0.05, 0.1) is 46.1 Å². The van der Waals surface area contributed by atoms with Crippen molar-refractivity contribution in [2.24, 2.45) is 105 Å². The molecular weight excluding hydrogens is 1130 g/mol. The molecule has 12 fully saturated rings. The van der Waals surface area contributed by atoms with Crippen molar-refractivity contribution < 1.29 is 57.1 Å². The highest BCUT2D eigenvalue weighted by molar-refractivity contribution is 5.77. The molecule has 542 valence electrons. The Labute approximate surface area is 560 Å². The highest BCUT2D eigenvalue weighted by Gasteiger charge is 2.62. The maximum absolute atomic E-state index is 12.2. The third-order valence-electron chi connectivity index (χ3n) is 23.1. The third-order valence-corrected chi connectivity index (χ3v) is 23.1. The minimum Gasteiger partial charge on any atom is -0.438 e. The van der Waals surface area contributed by atoms with Crippen LogP contribution in [0.2, 0.25) is 0 Å². The zero-order valence-corrected chi connectivity index (χ0v) is 51.4. The second-order valence-corrected chi connectivity index (χ2v) is 29.8. The quantitative estimate of drug-likeness (QED) is 0.0496. The Morgan fingerprint density at radius 1 is 0.344 bits per heavy atom. The van der Waals surface area contributed by atoms with Crippen LogP contribution in [-0.4, -0.2) is 74.5 Å². The summed E-state index contributed by atoms with van der Waals surface area (Å²) >= 11 is 0. The fraction of sp³-hybridized carbons (Fsp3) is 0.949. The SMILES string of the molecule is C.C.C.C.C.C.C.C.C.C.C.C.CCC(C)(C)C(=O)OC(C)OC1C2CC3CC(C2)CC1C3.CCC(C)(C)C(=O)OC(C)OC1CC2CCC1C2.CCC(C)(C)C(=O)OCOC1CC2CC1C1C3CCC(C3)C21.CCC(C)(C)C(=O)OCOC1CC2CCC1C2. The van der Waals surface area contributed by atoms with Crippen molar-refractivity contribution >= 4 is 23.9 Å². The van der Waals surface area contributed by atoms with Crippen LogP contribution >= 0.6 is 0 Å². The Balaban J connectivity index is -0.000000343. The van der Waals surface area contributed by atoms with E-state index in [0.717, 1.165) is 97.2 Å². The van der Waals surface area contributed by atoms with Gasteiger partial charge in [0.2, 0.25) is 0 Å². The second kappa shape index (κ2) is 40.3. The van der Waals surface area contributed by atoms with Gasteiger partial charge in [-0.15, -0.1) is 0 Å². The smallest absolute Gasteiger partial charge is 0.313 e. The molecule has 12 heteroatoms. The summed E-state index contributed by atoms with van der Waals surface area (Å²) in [4.78, 5) is 47.8. The molecule has 12 rings (SSSR count). The molecule has 0 aromatic rings. The summed E-state index contributed by atoms with van der Waals surface area (Å²) in [5, 5.41) is 0. The summed E-state index contributed by atoms with van der Waals surface area (Å²) in [6, 6.07) is 0. The Bertz CT molecular complexity index is 1990. The van der Waals surface area contributed by atoms with E-state index in [1.807, 2.05) is 96.9 Å². The molecule has 0 amide bonds. The lowest BCUT2D eigenvalue weighted by Gasteiger charge is -2.54. The second-order valence-electron chi connectivity index (χ2n) is 29.8. The number of esters is 4. The predicted molar refractivity (Wildman–Crippen MR) is 382 cm³/mol. The lowest BCUT2D eigenvalue weighted by atomic mass is 9.55. The average Bonchev–Trinajstić information content (AvgIpc) is 1.54. The fourth-order valence-corrected chi connectivity index (χ4v) is 17.0. The predicted octanol–water partition coefficient (Wildman–Crippen LogP) is 22.4. The molecular formula is C78H158O12. The molecule has 0 aromatic carbocycles. The zero-order chi connectivity index (χ0) is 56.5. The first-order chi connectivity index (χ1) is 36.8. The van der Waals surface area contributed by atoms with Gasteiger partial charge >= 0.3 is 23.9 Å². The van der Waals surface area contributed by atoms with Crippen molar-refractivity contribution in [1.29, 1.82) is 0 Å². The molecule has 0 heterocycles. The largest absolute Gasteiger partial charge is 0.438 e. The summed E-state index contributed by atoms with van der Waals surface area (Å²) in [5.41, 5.74) is -1.61. The Morgan fingerprint density at radius 3 is 1.09 bits per heavy atom. The molecule has 15 atom stereocenters. The van der Waals surface area contributed by atoms with Crippen LogP contribution in [-0.2, 0) is 57.1 Å². The molecule has 0 N–H and O–H groups in total. The molecule has 12 aliphatic carbocycles. The van der Waals surface area contributed by atoms with Crippen molar-refractivity contribution in [2.45, 2.75) is 364 Å². The minimum absolute atomic E-state index is 0. The van der Waals surface area contributed by atoms with Gasteiger partial charge in [0.25, 0.3) is 0 Å². The number of carbonyl (C=O) groups excluding carboxylic acids is 4. The van der Waals surface area contributed by atoms with Crippen LogP contribution in [0.25, 0.3) is 0 Å². The van der Waals surface area contributed by atoms with Gasteiger partial charge in [-0.1, -0.05) is 117 Å². The zero-order valence-electron chi connectivity index (χ0n) is 51.4. The molecule has 12 saturated carbocycles. The number of hydrogen-bond acceptors (Lipinski definition) is 12. The standard InChI is InChI=1S/C19H30O3.C18H30O3.C15H26O3.C14H24O3.12CH4/c1-4-19(2,3)18(20)22-10-21-15-9-13-8-14(15)17-12-6-5-11(7-12)16(13)17;1-5-18(3,4)17(19)21-11(2)20-16-14-7-12-6-13(9-14)10-15(16)8-12;1-5-15(3,4)14(16)18-10(2)17-13-9-11-6-7-12(13)8-11;1-4-14(2,3)13(15)17-9-16-12-8-10-5-6-11(12)7-10;;;;;;;;;;;;/h11-17H,4-10H2,1-3H3;11-16H,5-10H2,1-4H3;10-13H,5-9H2,1-4H3;10-12H,4-9H2,1-3H3;12*1H4. The van der Waals surface area contributed by atoms with Crippen molar-refractivity contribution in [3.63, 3.8) is 0 Å². The summed E-state index contributed by atoms with van der Waals surface area (Å²) in [5.74, 6) is 11.5. The van der Waals surface area contributed by atoms with Gasteiger partial charge in [-0.3, -0.25) is 19.2 Å². The van der Waals surface area contributed by atoms with Gasteiger partial charge in [-0.25, -0.2) is 0 Å². The maximum atomic E-state index is 12.2. The van der Waals surface area contributed by atoms with Gasteiger partial charge in [-0.2, -0.15) is 0 Å². The van der Waals surface area contributed by atoms with E-state index in [0.29, 0.717) is 42.2 Å². The molecule has 0 saturated heterocycles. The first-order valence-corrected chi connectivity index (χ1v) is 32.2. The van der Waals surface area contributed by atoms with E-state index in [1.54, 1.807) is 0 Å². The Morgan fingerprint density at radius 2 is 0.700 bits per heavy atom. The monoisotopic (exact) mass is 1290 g/mol. The van der Waals surface area contributed by atoms with Crippen LogP contribution in [0.15, 0.2) is 0 Å². The first-order valence-electron chi connectivity index (χ1n) is 32.2. The molecule has 12 nitrogen and oxygen atoms in total. The van der Waals surface area contributed by atoms with Crippen molar-refractivity contribution in [1.82, 2.24) is 0 Å². The highest BCUT2D eigenvalue weighted by Crippen LogP contribution is 2.68. The van der Waals surface area contributed by atoms with E-state index >= 15 is 0 Å². The summed E-state index contributed by atoms with van der Waals surface area (Å²) < 4.78 is 45.4. The van der Waals surface area contributed by atoms with Gasteiger partial charge in [0, 0.05) is 0 Å². The topological polar surface area (TPSA) is 142 Å². The third kappa shape index (κ3) is 22.7. The van der Waals surface area contributed by atoms with Crippen LogP contribution in [0, 0.1) is 105 Å². The maximum Gasteiger partial charge on any atom is 0.313 e. The molecule has 15 unspecified atom stereocenters. The van der Waals surface area contributed by atoms with Gasteiger partial charge in [-0.05, 0) is 293 Å². The first kappa shape index (κ1) is 96.4. The van der Waals surface area contributed by atoms with Crippen molar-refractivity contribution in [3.05, 3.63) is 0 Å². The molecule has 0 aromatic heterocycles. The van der Waals surface area contributed by atoms with Crippen LogP contribution in [0.4, 0.5) is 0 Å². The summed E-state index contributed by atoms with van der Waals surface area (Å²) in [6.07, 6.45) is 27.8. The van der Waals surface area contributed by atoms with Crippen LogP contribution in [0.3, 0.4) is 0 Å². The van der Waals surface area contributed by atoms with E-state index in [9.17, 15) is 19.2 Å². The molecule has 90 heavy (non-hydrogen) atoms. The fourth-order valence-electron chi connectivity index (χ4n) is 17.0.